The van der Waals surface area contributed by atoms with E-state index in [1.54, 1.807) is 31.2 Å². The number of hydrogen-bond donors (Lipinski definition) is 0. The highest BCUT2D eigenvalue weighted by atomic mass is 16.5. The SMILES string of the molecule is CCC(=O)OCc1cccc(C(=O)OC)c1. The van der Waals surface area contributed by atoms with E-state index >= 15 is 0 Å². The zero-order valence-corrected chi connectivity index (χ0v) is 9.36. The predicted octanol–water partition coefficient (Wildman–Crippen LogP) is 1.93. The van der Waals surface area contributed by atoms with Crippen molar-refractivity contribution in [3.05, 3.63) is 35.4 Å². The van der Waals surface area contributed by atoms with Gasteiger partial charge in [0.1, 0.15) is 6.61 Å². The minimum absolute atomic E-state index is 0.178. The van der Waals surface area contributed by atoms with Crippen LogP contribution in [0.1, 0.15) is 29.3 Å². The standard InChI is InChI=1S/C12H14O4/c1-3-11(13)16-8-9-5-4-6-10(7-9)12(14)15-2/h4-7H,3,8H2,1-2H3. The molecule has 0 saturated heterocycles. The molecular weight excluding hydrogens is 208 g/mol. The van der Waals surface area contributed by atoms with E-state index < -0.39 is 5.97 Å². The van der Waals surface area contributed by atoms with Crippen LogP contribution in [0.4, 0.5) is 0 Å². The number of carbonyl (C=O) groups excluding carboxylic acids is 2. The molecule has 4 nitrogen and oxygen atoms in total. The van der Waals surface area contributed by atoms with E-state index in [2.05, 4.69) is 4.74 Å². The Morgan fingerprint density at radius 3 is 2.69 bits per heavy atom. The van der Waals surface area contributed by atoms with Crippen molar-refractivity contribution in [2.75, 3.05) is 7.11 Å². The van der Waals surface area contributed by atoms with Gasteiger partial charge in [-0.3, -0.25) is 4.79 Å². The molecule has 1 aromatic carbocycles. The molecule has 0 saturated carbocycles. The van der Waals surface area contributed by atoms with E-state index in [4.69, 9.17) is 4.74 Å². The van der Waals surface area contributed by atoms with Crippen molar-refractivity contribution in [1.29, 1.82) is 0 Å². The van der Waals surface area contributed by atoms with Gasteiger partial charge >= 0.3 is 11.9 Å². The number of rotatable bonds is 4. The van der Waals surface area contributed by atoms with Crippen LogP contribution in [-0.4, -0.2) is 19.0 Å². The Morgan fingerprint density at radius 1 is 1.31 bits per heavy atom. The second kappa shape index (κ2) is 5.90. The number of hydrogen-bond acceptors (Lipinski definition) is 4. The predicted molar refractivity (Wildman–Crippen MR) is 57.9 cm³/mol. The Labute approximate surface area is 94.2 Å². The Morgan fingerprint density at radius 2 is 2.06 bits per heavy atom. The summed E-state index contributed by atoms with van der Waals surface area (Å²) in [7, 11) is 1.33. The Kier molecular flexibility index (Phi) is 4.51. The van der Waals surface area contributed by atoms with Crippen LogP contribution in [0.15, 0.2) is 24.3 Å². The minimum Gasteiger partial charge on any atom is -0.465 e. The van der Waals surface area contributed by atoms with Crippen molar-refractivity contribution in [2.24, 2.45) is 0 Å². The van der Waals surface area contributed by atoms with Gasteiger partial charge in [0.2, 0.25) is 0 Å². The van der Waals surface area contributed by atoms with E-state index in [1.807, 2.05) is 0 Å². The lowest BCUT2D eigenvalue weighted by molar-refractivity contribution is -0.144. The van der Waals surface area contributed by atoms with Crippen molar-refractivity contribution < 1.29 is 19.1 Å². The molecule has 0 fully saturated rings. The van der Waals surface area contributed by atoms with Crippen LogP contribution in [0.25, 0.3) is 0 Å². The van der Waals surface area contributed by atoms with Gasteiger partial charge in [-0.15, -0.1) is 0 Å². The van der Waals surface area contributed by atoms with Crippen molar-refractivity contribution in [3.63, 3.8) is 0 Å². The third-order valence-electron chi connectivity index (χ3n) is 2.04. The van der Waals surface area contributed by atoms with E-state index in [-0.39, 0.29) is 12.6 Å². The maximum absolute atomic E-state index is 11.2. The topological polar surface area (TPSA) is 52.6 Å². The quantitative estimate of drug-likeness (QED) is 0.730. The zero-order valence-electron chi connectivity index (χ0n) is 9.36. The largest absolute Gasteiger partial charge is 0.465 e. The van der Waals surface area contributed by atoms with E-state index in [9.17, 15) is 9.59 Å². The highest BCUT2D eigenvalue weighted by molar-refractivity contribution is 5.89. The van der Waals surface area contributed by atoms with E-state index in [0.29, 0.717) is 12.0 Å². The molecule has 0 bridgehead atoms. The molecule has 4 heteroatoms. The van der Waals surface area contributed by atoms with Crippen molar-refractivity contribution in [2.45, 2.75) is 20.0 Å². The fourth-order valence-corrected chi connectivity index (χ4v) is 1.17. The molecule has 0 unspecified atom stereocenters. The molecule has 86 valence electrons. The summed E-state index contributed by atoms with van der Waals surface area (Å²) in [5, 5.41) is 0. The maximum atomic E-state index is 11.2. The highest BCUT2D eigenvalue weighted by Gasteiger charge is 2.06. The van der Waals surface area contributed by atoms with Gasteiger partial charge in [0.15, 0.2) is 0 Å². The molecule has 0 aliphatic rings. The first-order chi connectivity index (χ1) is 7.67. The molecular formula is C12H14O4. The number of ether oxygens (including phenoxy) is 2. The fourth-order valence-electron chi connectivity index (χ4n) is 1.17. The molecule has 0 aromatic heterocycles. The fraction of sp³-hybridized carbons (Fsp3) is 0.333. The van der Waals surface area contributed by atoms with Crippen molar-refractivity contribution in [1.82, 2.24) is 0 Å². The lowest BCUT2D eigenvalue weighted by Gasteiger charge is -2.05. The highest BCUT2D eigenvalue weighted by Crippen LogP contribution is 2.08. The molecule has 0 heterocycles. The van der Waals surface area contributed by atoms with Gasteiger partial charge in [-0.2, -0.15) is 0 Å². The Hall–Kier alpha value is -1.84. The van der Waals surface area contributed by atoms with Crippen molar-refractivity contribution in [3.8, 4) is 0 Å². The van der Waals surface area contributed by atoms with Crippen molar-refractivity contribution >= 4 is 11.9 Å². The molecule has 0 aliphatic heterocycles. The van der Waals surface area contributed by atoms with Gasteiger partial charge < -0.3 is 9.47 Å². The normalized spacial score (nSPS) is 9.62. The lowest BCUT2D eigenvalue weighted by atomic mass is 10.1. The molecule has 0 radical (unpaired) electrons. The van der Waals surface area contributed by atoms with Gasteiger partial charge in [0.05, 0.1) is 12.7 Å². The van der Waals surface area contributed by atoms with Crippen LogP contribution in [0, 0.1) is 0 Å². The summed E-state index contributed by atoms with van der Waals surface area (Å²) in [6, 6.07) is 6.81. The number of carbonyl (C=O) groups is 2. The van der Waals surface area contributed by atoms with Gasteiger partial charge in [-0.25, -0.2) is 4.79 Å². The maximum Gasteiger partial charge on any atom is 0.337 e. The summed E-state index contributed by atoms with van der Waals surface area (Å²) in [6.07, 6.45) is 0.344. The molecule has 0 spiro atoms. The summed E-state index contributed by atoms with van der Waals surface area (Å²) in [5.74, 6) is -0.660. The lowest BCUT2D eigenvalue weighted by Crippen LogP contribution is -2.05. The smallest absolute Gasteiger partial charge is 0.337 e. The number of methoxy groups -OCH3 is 1. The third-order valence-corrected chi connectivity index (χ3v) is 2.04. The second-order valence-electron chi connectivity index (χ2n) is 3.21. The van der Waals surface area contributed by atoms with E-state index in [1.165, 1.54) is 7.11 Å². The average Bonchev–Trinajstić information content (AvgIpc) is 2.35. The first kappa shape index (κ1) is 12.2. The van der Waals surface area contributed by atoms with Gasteiger partial charge in [0, 0.05) is 6.42 Å². The molecule has 1 rings (SSSR count). The summed E-state index contributed by atoms with van der Waals surface area (Å²) < 4.78 is 9.55. The Balaban J connectivity index is 2.67. The van der Waals surface area contributed by atoms with Crippen LogP contribution >= 0.6 is 0 Å². The first-order valence-electron chi connectivity index (χ1n) is 5.00. The summed E-state index contributed by atoms with van der Waals surface area (Å²) >= 11 is 0. The molecule has 0 N–H and O–H groups in total. The van der Waals surface area contributed by atoms with E-state index in [0.717, 1.165) is 5.56 Å². The average molecular weight is 222 g/mol. The molecule has 1 aromatic rings. The molecule has 0 aliphatic carbocycles. The van der Waals surface area contributed by atoms with Gasteiger partial charge in [0.25, 0.3) is 0 Å². The van der Waals surface area contributed by atoms with Crippen LogP contribution in [0.3, 0.4) is 0 Å². The number of benzene rings is 1. The molecule has 0 atom stereocenters. The van der Waals surface area contributed by atoms with Gasteiger partial charge in [-0.1, -0.05) is 19.1 Å². The van der Waals surface area contributed by atoms with Crippen LogP contribution in [0.5, 0.6) is 0 Å². The molecule has 0 amide bonds. The second-order valence-corrected chi connectivity index (χ2v) is 3.21. The number of esters is 2. The summed E-state index contributed by atoms with van der Waals surface area (Å²) in [4.78, 5) is 22.2. The zero-order chi connectivity index (χ0) is 12.0. The first-order valence-corrected chi connectivity index (χ1v) is 5.00. The molecule has 16 heavy (non-hydrogen) atoms. The Bertz CT molecular complexity index is 384. The monoisotopic (exact) mass is 222 g/mol. The summed E-state index contributed by atoms with van der Waals surface area (Å²) in [5.41, 5.74) is 1.22. The summed E-state index contributed by atoms with van der Waals surface area (Å²) in [6.45, 7) is 1.91. The minimum atomic E-state index is -0.399. The third kappa shape index (κ3) is 3.38. The van der Waals surface area contributed by atoms with Crippen LogP contribution in [-0.2, 0) is 20.9 Å². The van der Waals surface area contributed by atoms with Crippen LogP contribution in [0.2, 0.25) is 0 Å². The van der Waals surface area contributed by atoms with Gasteiger partial charge in [-0.05, 0) is 17.7 Å². The van der Waals surface area contributed by atoms with Crippen LogP contribution < -0.4 is 0 Å².